The second-order valence-corrected chi connectivity index (χ2v) is 3.73. The molecule has 0 saturated carbocycles. The maximum Gasteiger partial charge on any atom is 0.0648 e. The molecule has 2 N–H and O–H groups in total. The molecule has 0 aliphatic rings. The van der Waals surface area contributed by atoms with E-state index in [1.165, 1.54) is 0 Å². The van der Waals surface area contributed by atoms with Gasteiger partial charge in [-0.2, -0.15) is 10.2 Å². The molecule has 1 aromatic rings. The van der Waals surface area contributed by atoms with Crippen LogP contribution in [0.2, 0.25) is 0 Å². The number of nitrogens with zero attached hydrogens (tertiary/aromatic N) is 2. The summed E-state index contributed by atoms with van der Waals surface area (Å²) in [5.74, 6) is 2.62. The average Bonchev–Trinajstić information content (AvgIpc) is 2.22. The summed E-state index contributed by atoms with van der Waals surface area (Å²) in [4.78, 5) is 0. The molecular formula is C12H17N3. The topological polar surface area (TPSA) is 51.8 Å². The lowest BCUT2D eigenvalue weighted by Gasteiger charge is -2.13. The molecular weight excluding hydrogens is 186 g/mol. The Labute approximate surface area is 91.1 Å². The summed E-state index contributed by atoms with van der Waals surface area (Å²) in [5.41, 5.74) is 8.97. The Morgan fingerprint density at radius 2 is 2.20 bits per heavy atom. The first-order chi connectivity index (χ1) is 7.15. The van der Waals surface area contributed by atoms with Crippen molar-refractivity contribution in [1.29, 1.82) is 0 Å². The smallest absolute Gasteiger partial charge is 0.0648 e. The Bertz CT molecular complexity index is 366. The Hall–Kier alpha value is -1.40. The minimum atomic E-state index is 0.0209. The Kier molecular flexibility index (Phi) is 4.26. The maximum absolute atomic E-state index is 6.07. The molecule has 80 valence electrons. The van der Waals surface area contributed by atoms with E-state index >= 15 is 0 Å². The zero-order valence-electron chi connectivity index (χ0n) is 9.33. The molecule has 0 aliphatic carbocycles. The number of aryl methyl sites for hydroxylation is 2. The molecule has 1 atom stereocenters. The summed E-state index contributed by atoms with van der Waals surface area (Å²) in [7, 11) is 0. The fourth-order valence-electron chi connectivity index (χ4n) is 1.52. The van der Waals surface area contributed by atoms with Crippen molar-refractivity contribution in [1.82, 2.24) is 10.2 Å². The number of nitrogens with two attached hydrogens (primary N) is 1. The molecule has 3 nitrogen and oxygen atoms in total. The molecule has 0 saturated heterocycles. The number of unbranched alkanes of at least 4 members (excludes halogenated alkanes) is 1. The van der Waals surface area contributed by atoms with Crippen LogP contribution in [0.5, 0.6) is 0 Å². The Morgan fingerprint density at radius 3 is 2.87 bits per heavy atom. The summed E-state index contributed by atoms with van der Waals surface area (Å²) in [6.07, 6.45) is 7.83. The van der Waals surface area contributed by atoms with Crippen molar-refractivity contribution in [2.75, 3.05) is 0 Å². The van der Waals surface area contributed by atoms with Crippen molar-refractivity contribution in [2.45, 2.75) is 39.2 Å². The predicted molar refractivity (Wildman–Crippen MR) is 61.1 cm³/mol. The van der Waals surface area contributed by atoms with Crippen molar-refractivity contribution in [3.05, 3.63) is 23.0 Å². The third kappa shape index (κ3) is 3.34. The molecule has 1 rings (SSSR count). The van der Waals surface area contributed by atoms with Crippen LogP contribution in [0.1, 0.15) is 42.3 Å². The lowest BCUT2D eigenvalue weighted by atomic mass is 10.0. The minimum Gasteiger partial charge on any atom is -0.324 e. The van der Waals surface area contributed by atoms with E-state index in [0.29, 0.717) is 0 Å². The highest BCUT2D eigenvalue weighted by atomic mass is 15.1. The first kappa shape index (κ1) is 11.7. The lowest BCUT2D eigenvalue weighted by molar-refractivity contribution is 0.611. The fraction of sp³-hybridized carbons (Fsp3) is 0.500. The Morgan fingerprint density at radius 1 is 1.47 bits per heavy atom. The van der Waals surface area contributed by atoms with E-state index in [9.17, 15) is 0 Å². The predicted octanol–water partition coefficient (Wildman–Crippen LogP) is 1.90. The van der Waals surface area contributed by atoms with Gasteiger partial charge in [-0.3, -0.25) is 0 Å². The number of aromatic nitrogens is 2. The fourth-order valence-corrected chi connectivity index (χ4v) is 1.52. The zero-order valence-corrected chi connectivity index (χ0v) is 9.33. The van der Waals surface area contributed by atoms with Gasteiger partial charge in [-0.05, 0) is 38.3 Å². The monoisotopic (exact) mass is 203 g/mol. The molecule has 3 heteroatoms. The van der Waals surface area contributed by atoms with Gasteiger partial charge in [-0.15, -0.1) is 12.3 Å². The third-order valence-electron chi connectivity index (χ3n) is 2.38. The van der Waals surface area contributed by atoms with Gasteiger partial charge in [0.05, 0.1) is 11.4 Å². The van der Waals surface area contributed by atoms with E-state index in [0.717, 1.165) is 36.2 Å². The van der Waals surface area contributed by atoms with E-state index in [1.807, 2.05) is 19.9 Å². The Balaban J connectivity index is 2.69. The molecule has 0 amide bonds. The average molecular weight is 203 g/mol. The molecule has 0 spiro atoms. The highest BCUT2D eigenvalue weighted by Gasteiger charge is 2.10. The highest BCUT2D eigenvalue weighted by Crippen LogP contribution is 2.19. The van der Waals surface area contributed by atoms with Gasteiger partial charge in [-0.1, -0.05) is 0 Å². The summed E-state index contributed by atoms with van der Waals surface area (Å²) in [5, 5.41) is 8.04. The number of hydrogen-bond donors (Lipinski definition) is 1. The van der Waals surface area contributed by atoms with Crippen molar-refractivity contribution in [3.8, 4) is 12.3 Å². The molecule has 0 aliphatic heterocycles. The second-order valence-electron chi connectivity index (χ2n) is 3.73. The van der Waals surface area contributed by atoms with Gasteiger partial charge < -0.3 is 5.73 Å². The summed E-state index contributed by atoms with van der Waals surface area (Å²) in [6, 6.07) is 2.02. The van der Waals surface area contributed by atoms with Gasteiger partial charge in [0.15, 0.2) is 0 Å². The normalized spacial score (nSPS) is 12.1. The highest BCUT2D eigenvalue weighted by molar-refractivity contribution is 5.23. The first-order valence-corrected chi connectivity index (χ1v) is 5.15. The molecule has 15 heavy (non-hydrogen) atoms. The maximum atomic E-state index is 6.07. The lowest BCUT2D eigenvalue weighted by Crippen LogP contribution is -2.13. The van der Waals surface area contributed by atoms with Gasteiger partial charge in [0.1, 0.15) is 0 Å². The molecule has 1 heterocycles. The molecule has 0 aromatic carbocycles. The summed E-state index contributed by atoms with van der Waals surface area (Å²) < 4.78 is 0. The number of hydrogen-bond acceptors (Lipinski definition) is 3. The van der Waals surface area contributed by atoms with Gasteiger partial charge in [-0.25, -0.2) is 0 Å². The molecule has 0 radical (unpaired) electrons. The van der Waals surface area contributed by atoms with Gasteiger partial charge in [0.2, 0.25) is 0 Å². The van der Waals surface area contributed by atoms with Gasteiger partial charge in [0.25, 0.3) is 0 Å². The molecule has 0 fully saturated rings. The van der Waals surface area contributed by atoms with Gasteiger partial charge >= 0.3 is 0 Å². The van der Waals surface area contributed by atoms with Crippen molar-refractivity contribution >= 4 is 0 Å². The van der Waals surface area contributed by atoms with E-state index in [2.05, 4.69) is 16.1 Å². The van der Waals surface area contributed by atoms with Crippen LogP contribution in [0.4, 0.5) is 0 Å². The molecule has 0 bridgehead atoms. The van der Waals surface area contributed by atoms with Crippen molar-refractivity contribution in [3.63, 3.8) is 0 Å². The number of rotatable bonds is 4. The van der Waals surface area contributed by atoms with Crippen LogP contribution in [-0.4, -0.2) is 10.2 Å². The largest absolute Gasteiger partial charge is 0.324 e. The van der Waals surface area contributed by atoms with Crippen LogP contribution < -0.4 is 5.73 Å². The summed E-state index contributed by atoms with van der Waals surface area (Å²) in [6.45, 7) is 3.85. The molecule has 1 aromatic heterocycles. The quantitative estimate of drug-likeness (QED) is 0.600. The van der Waals surface area contributed by atoms with Crippen LogP contribution >= 0.6 is 0 Å². The van der Waals surface area contributed by atoms with Crippen molar-refractivity contribution < 1.29 is 0 Å². The van der Waals surface area contributed by atoms with Crippen LogP contribution in [0.3, 0.4) is 0 Å². The molecule has 1 unspecified atom stereocenters. The standard InChI is InChI=1S/C12H17N3/c1-4-5-6-7-12(13)11-8-9(2)14-15-10(11)3/h1,8,12H,5-7,13H2,2-3H3. The van der Waals surface area contributed by atoms with E-state index in [-0.39, 0.29) is 6.04 Å². The third-order valence-corrected chi connectivity index (χ3v) is 2.38. The minimum absolute atomic E-state index is 0.0209. The van der Waals surface area contributed by atoms with Crippen LogP contribution in [0.25, 0.3) is 0 Å². The van der Waals surface area contributed by atoms with Crippen LogP contribution in [0, 0.1) is 26.2 Å². The second kappa shape index (κ2) is 5.47. The summed E-state index contributed by atoms with van der Waals surface area (Å²) >= 11 is 0. The SMILES string of the molecule is C#CCCCC(N)c1cc(C)nnc1C. The van der Waals surface area contributed by atoms with Gasteiger partial charge in [0, 0.05) is 12.5 Å². The number of terminal acetylenes is 1. The van der Waals surface area contributed by atoms with E-state index in [4.69, 9.17) is 12.2 Å². The van der Waals surface area contributed by atoms with E-state index < -0.39 is 0 Å². The van der Waals surface area contributed by atoms with Crippen molar-refractivity contribution in [2.24, 2.45) is 5.73 Å². The van der Waals surface area contributed by atoms with Crippen LogP contribution in [-0.2, 0) is 0 Å². The van der Waals surface area contributed by atoms with Crippen LogP contribution in [0.15, 0.2) is 6.07 Å². The van der Waals surface area contributed by atoms with E-state index in [1.54, 1.807) is 0 Å². The zero-order chi connectivity index (χ0) is 11.3. The first-order valence-electron chi connectivity index (χ1n) is 5.15.